The first-order chi connectivity index (χ1) is 13.9. The molecule has 0 atom stereocenters. The minimum Gasteiger partial charge on any atom is -0.444 e. The van der Waals surface area contributed by atoms with Gasteiger partial charge in [0.25, 0.3) is 5.56 Å². The van der Waals surface area contributed by atoms with Gasteiger partial charge in [0.1, 0.15) is 12.1 Å². The number of H-pyrrole nitrogens is 1. The van der Waals surface area contributed by atoms with Crippen molar-refractivity contribution in [2.24, 2.45) is 0 Å². The summed E-state index contributed by atoms with van der Waals surface area (Å²) in [7, 11) is 1.44. The third-order valence-electron chi connectivity index (χ3n) is 4.56. The van der Waals surface area contributed by atoms with Crippen LogP contribution in [0.3, 0.4) is 0 Å². The number of amides is 1. The summed E-state index contributed by atoms with van der Waals surface area (Å²) in [6.45, 7) is 2.34. The number of nitrogens with zero attached hydrogens (tertiary/aromatic N) is 3. The van der Waals surface area contributed by atoms with Crippen molar-refractivity contribution in [3.63, 3.8) is 0 Å². The van der Waals surface area contributed by atoms with E-state index in [1.807, 2.05) is 37.3 Å². The monoisotopic (exact) mass is 397 g/mol. The van der Waals surface area contributed by atoms with Gasteiger partial charge in [0.05, 0.1) is 12.1 Å². The molecule has 0 unspecified atom stereocenters. The van der Waals surface area contributed by atoms with Crippen LogP contribution in [0.25, 0.3) is 11.5 Å². The number of aromatic amines is 1. The van der Waals surface area contributed by atoms with Crippen LogP contribution in [-0.4, -0.2) is 27.5 Å². The molecule has 1 amide bonds. The fourth-order valence-electron chi connectivity index (χ4n) is 2.94. The molecule has 2 heterocycles. The van der Waals surface area contributed by atoms with Crippen molar-refractivity contribution < 1.29 is 9.21 Å². The van der Waals surface area contributed by atoms with Crippen molar-refractivity contribution in [1.82, 2.24) is 14.5 Å². The Bertz CT molecular complexity index is 1110. The van der Waals surface area contributed by atoms with Crippen LogP contribution >= 0.6 is 0 Å². The molecule has 3 rings (SSSR count). The molecule has 9 heteroatoms. The first-order valence-corrected chi connectivity index (χ1v) is 9.31. The summed E-state index contributed by atoms with van der Waals surface area (Å²) >= 11 is 0. The molecule has 0 bridgehead atoms. The molecule has 0 saturated carbocycles. The number of benzene rings is 1. The number of carbonyl (C=O) groups is 1. The first kappa shape index (κ1) is 20.1. The van der Waals surface area contributed by atoms with Crippen LogP contribution in [-0.2, 0) is 17.8 Å². The molecule has 29 heavy (non-hydrogen) atoms. The van der Waals surface area contributed by atoms with Gasteiger partial charge in [-0.25, -0.2) is 9.78 Å². The van der Waals surface area contributed by atoms with Gasteiger partial charge in [-0.1, -0.05) is 31.5 Å². The highest BCUT2D eigenvalue weighted by Crippen LogP contribution is 2.20. The molecule has 1 aromatic carbocycles. The van der Waals surface area contributed by atoms with Gasteiger partial charge >= 0.3 is 5.69 Å². The minimum absolute atomic E-state index is 0.0341. The largest absolute Gasteiger partial charge is 0.444 e. The van der Waals surface area contributed by atoms with Gasteiger partial charge in [-0.3, -0.25) is 19.1 Å². The standard InChI is InChI=1S/C20H23N5O4/c1-3-4-10-25-17(21)16(18(27)23-20(25)28)24(2)15(26)11-14-12-29-19(22-14)13-8-6-5-7-9-13/h5-9,12H,3-4,10-11,21H2,1-2H3,(H,23,27,28). The normalized spacial score (nSPS) is 10.8. The van der Waals surface area contributed by atoms with Crippen LogP contribution in [0.15, 0.2) is 50.6 Å². The average molecular weight is 397 g/mol. The maximum Gasteiger partial charge on any atom is 0.330 e. The van der Waals surface area contributed by atoms with Crippen LogP contribution in [0.1, 0.15) is 25.5 Å². The summed E-state index contributed by atoms with van der Waals surface area (Å²) in [4.78, 5) is 44.8. The van der Waals surface area contributed by atoms with E-state index in [4.69, 9.17) is 10.2 Å². The number of oxazole rings is 1. The molecule has 0 spiro atoms. The number of hydrogen-bond donors (Lipinski definition) is 2. The van der Waals surface area contributed by atoms with E-state index in [1.54, 1.807) is 0 Å². The highest BCUT2D eigenvalue weighted by molar-refractivity contribution is 5.96. The minimum atomic E-state index is -0.707. The Morgan fingerprint density at radius 2 is 2.00 bits per heavy atom. The topological polar surface area (TPSA) is 127 Å². The molecule has 0 fully saturated rings. The van der Waals surface area contributed by atoms with E-state index in [1.165, 1.54) is 17.9 Å². The number of nitrogen functional groups attached to an aromatic ring is 1. The maximum absolute atomic E-state index is 12.7. The molecule has 152 valence electrons. The van der Waals surface area contributed by atoms with Gasteiger partial charge in [-0.05, 0) is 18.6 Å². The maximum atomic E-state index is 12.7. The highest BCUT2D eigenvalue weighted by atomic mass is 16.3. The number of nitrogens with one attached hydrogen (secondary N) is 1. The summed E-state index contributed by atoms with van der Waals surface area (Å²) in [6, 6.07) is 9.31. The number of likely N-dealkylation sites (N-methyl/N-ethyl adjacent to an activating group) is 1. The predicted molar refractivity (Wildman–Crippen MR) is 110 cm³/mol. The molecule has 0 aliphatic carbocycles. The number of rotatable bonds is 7. The predicted octanol–water partition coefficient (Wildman–Crippen LogP) is 1.78. The van der Waals surface area contributed by atoms with E-state index in [9.17, 15) is 14.4 Å². The lowest BCUT2D eigenvalue weighted by atomic mass is 10.2. The lowest BCUT2D eigenvalue weighted by Crippen LogP contribution is -2.39. The Labute approximate surface area is 166 Å². The van der Waals surface area contributed by atoms with Crippen molar-refractivity contribution in [3.8, 4) is 11.5 Å². The molecule has 0 saturated heterocycles. The van der Waals surface area contributed by atoms with E-state index in [2.05, 4.69) is 9.97 Å². The third-order valence-corrected chi connectivity index (χ3v) is 4.56. The lowest BCUT2D eigenvalue weighted by molar-refractivity contribution is -0.117. The number of unbranched alkanes of at least 4 members (excludes halogenated alkanes) is 1. The molecular weight excluding hydrogens is 374 g/mol. The molecule has 0 aliphatic rings. The van der Waals surface area contributed by atoms with Gasteiger partial charge in [0, 0.05) is 19.2 Å². The van der Waals surface area contributed by atoms with Crippen LogP contribution < -0.4 is 21.9 Å². The van der Waals surface area contributed by atoms with Crippen LogP contribution in [0, 0.1) is 0 Å². The van der Waals surface area contributed by atoms with Gasteiger partial charge in [-0.15, -0.1) is 0 Å². The summed E-state index contributed by atoms with van der Waals surface area (Å²) < 4.78 is 6.72. The highest BCUT2D eigenvalue weighted by Gasteiger charge is 2.22. The van der Waals surface area contributed by atoms with E-state index >= 15 is 0 Å². The fourth-order valence-corrected chi connectivity index (χ4v) is 2.94. The van der Waals surface area contributed by atoms with Gasteiger partial charge in [-0.2, -0.15) is 0 Å². The molecule has 3 aromatic rings. The zero-order valence-electron chi connectivity index (χ0n) is 16.3. The lowest BCUT2D eigenvalue weighted by Gasteiger charge is -2.20. The van der Waals surface area contributed by atoms with Crippen LogP contribution in [0.2, 0.25) is 0 Å². The summed E-state index contributed by atoms with van der Waals surface area (Å²) in [6.07, 6.45) is 2.89. The number of anilines is 2. The van der Waals surface area contributed by atoms with Crippen molar-refractivity contribution in [3.05, 3.63) is 63.1 Å². The summed E-state index contributed by atoms with van der Waals surface area (Å²) in [5.41, 5.74) is 5.92. The van der Waals surface area contributed by atoms with Gasteiger partial charge < -0.3 is 15.1 Å². The number of aromatic nitrogens is 3. The van der Waals surface area contributed by atoms with Gasteiger partial charge in [0.2, 0.25) is 11.8 Å². The number of carbonyl (C=O) groups excluding carboxylic acids is 1. The summed E-state index contributed by atoms with van der Waals surface area (Å²) in [5, 5.41) is 0. The zero-order valence-corrected chi connectivity index (χ0v) is 16.3. The van der Waals surface area contributed by atoms with Crippen LogP contribution in [0.5, 0.6) is 0 Å². The Kier molecular flexibility index (Phi) is 5.96. The molecule has 9 nitrogen and oxygen atoms in total. The second-order valence-electron chi connectivity index (χ2n) is 6.64. The smallest absolute Gasteiger partial charge is 0.330 e. The van der Waals surface area contributed by atoms with Crippen LogP contribution in [0.4, 0.5) is 11.5 Å². The Hall–Kier alpha value is -3.62. The third kappa shape index (κ3) is 4.29. The molecule has 2 aromatic heterocycles. The van der Waals surface area contributed by atoms with Crippen molar-refractivity contribution in [2.45, 2.75) is 32.7 Å². The molecule has 0 aliphatic heterocycles. The first-order valence-electron chi connectivity index (χ1n) is 9.31. The quantitative estimate of drug-likeness (QED) is 0.626. The van der Waals surface area contributed by atoms with E-state index in [-0.39, 0.29) is 17.9 Å². The van der Waals surface area contributed by atoms with E-state index in [0.29, 0.717) is 24.6 Å². The molecule has 0 radical (unpaired) electrons. The molecular formula is C20H23N5O4. The van der Waals surface area contributed by atoms with E-state index < -0.39 is 17.2 Å². The Morgan fingerprint density at radius 1 is 1.28 bits per heavy atom. The fraction of sp³-hybridized carbons (Fsp3) is 0.300. The average Bonchev–Trinajstić information content (AvgIpc) is 3.16. The number of hydrogen-bond acceptors (Lipinski definition) is 6. The summed E-state index contributed by atoms with van der Waals surface area (Å²) in [5.74, 6) is -0.0366. The van der Waals surface area contributed by atoms with Crippen molar-refractivity contribution in [2.75, 3.05) is 17.7 Å². The van der Waals surface area contributed by atoms with Crippen molar-refractivity contribution >= 4 is 17.4 Å². The number of nitrogens with two attached hydrogens (primary N) is 1. The Morgan fingerprint density at radius 3 is 2.69 bits per heavy atom. The Balaban J connectivity index is 1.83. The van der Waals surface area contributed by atoms with Crippen molar-refractivity contribution in [1.29, 1.82) is 0 Å². The van der Waals surface area contributed by atoms with E-state index in [0.717, 1.165) is 16.9 Å². The second kappa shape index (κ2) is 8.59. The SMILES string of the molecule is CCCCn1c(N)c(N(C)C(=O)Cc2coc(-c3ccccc3)n2)c(=O)[nH]c1=O. The second-order valence-corrected chi connectivity index (χ2v) is 6.64. The molecule has 3 N–H and O–H groups in total. The van der Waals surface area contributed by atoms with Gasteiger partial charge in [0.15, 0.2) is 5.69 Å². The zero-order chi connectivity index (χ0) is 21.0.